The fourth-order valence-electron chi connectivity index (χ4n) is 5.37. The normalized spacial score (nSPS) is 23.3. The Morgan fingerprint density at radius 1 is 0.769 bits per heavy atom. The van der Waals surface area contributed by atoms with E-state index in [9.17, 15) is 5.11 Å². The molecule has 2 aliphatic rings. The van der Waals surface area contributed by atoms with Gasteiger partial charge in [-0.05, 0) is 66.3 Å². The zero-order valence-electron chi connectivity index (χ0n) is 23.2. The van der Waals surface area contributed by atoms with Crippen LogP contribution in [0, 0.1) is 11.8 Å². The SMILES string of the molecule is COc1ccc([C@@H](O)[C@@H](C)Oc2ccc([C@H]3O[C@H](c4ccc5c(c4)OCO5)[C@H](C)[C@H]3C)c(OC)c2)cc1OC. The summed E-state index contributed by atoms with van der Waals surface area (Å²) >= 11 is 0. The summed E-state index contributed by atoms with van der Waals surface area (Å²) in [7, 11) is 4.78. The molecule has 2 aliphatic heterocycles. The second-order valence-corrected chi connectivity index (χ2v) is 10.1. The van der Waals surface area contributed by atoms with Crippen molar-refractivity contribution < 1.29 is 38.3 Å². The lowest BCUT2D eigenvalue weighted by Crippen LogP contribution is -2.22. The first-order chi connectivity index (χ1) is 18.8. The largest absolute Gasteiger partial charge is 0.496 e. The molecule has 6 atom stereocenters. The number of ether oxygens (including phenoxy) is 7. The van der Waals surface area contributed by atoms with E-state index in [-0.39, 0.29) is 30.8 Å². The molecule has 1 N–H and O–H groups in total. The molecule has 5 rings (SSSR count). The first kappa shape index (κ1) is 27.0. The summed E-state index contributed by atoms with van der Waals surface area (Å²) in [5, 5.41) is 11.0. The van der Waals surface area contributed by atoms with E-state index in [4.69, 9.17) is 33.2 Å². The topological polar surface area (TPSA) is 84.8 Å². The number of rotatable bonds is 9. The van der Waals surface area contributed by atoms with Gasteiger partial charge in [-0.15, -0.1) is 0 Å². The second kappa shape index (κ2) is 11.2. The number of benzene rings is 3. The molecule has 0 aliphatic carbocycles. The van der Waals surface area contributed by atoms with Gasteiger partial charge in [0.1, 0.15) is 23.7 Å². The van der Waals surface area contributed by atoms with Gasteiger partial charge in [0.25, 0.3) is 0 Å². The van der Waals surface area contributed by atoms with Crippen LogP contribution in [0.25, 0.3) is 0 Å². The van der Waals surface area contributed by atoms with Crippen molar-refractivity contribution in [1.82, 2.24) is 0 Å². The van der Waals surface area contributed by atoms with E-state index in [2.05, 4.69) is 13.8 Å². The first-order valence-corrected chi connectivity index (χ1v) is 13.1. The van der Waals surface area contributed by atoms with Gasteiger partial charge in [-0.25, -0.2) is 0 Å². The van der Waals surface area contributed by atoms with Crippen molar-refractivity contribution in [3.8, 4) is 34.5 Å². The molecule has 0 spiro atoms. The third kappa shape index (κ3) is 5.18. The van der Waals surface area contributed by atoms with Gasteiger partial charge in [0.15, 0.2) is 23.0 Å². The van der Waals surface area contributed by atoms with Crippen molar-refractivity contribution in [2.75, 3.05) is 28.1 Å². The van der Waals surface area contributed by atoms with E-state index in [1.165, 1.54) is 0 Å². The van der Waals surface area contributed by atoms with Crippen molar-refractivity contribution in [3.05, 3.63) is 71.3 Å². The molecule has 8 heteroatoms. The van der Waals surface area contributed by atoms with E-state index >= 15 is 0 Å². The standard InChI is InChI=1S/C31H36O8/c1-17-18(2)31(39-30(17)21-8-12-25-28(14-21)37-16-36-25)23-10-9-22(15-26(23)34-5)38-19(3)29(32)20-7-11-24(33-4)27(13-20)35-6/h7-15,17-19,29-32H,16H2,1-6H3/t17-,18-,19-,29+,30+,31+/m1/s1. The van der Waals surface area contributed by atoms with Gasteiger partial charge in [0.05, 0.1) is 33.5 Å². The summed E-state index contributed by atoms with van der Waals surface area (Å²) in [6, 6.07) is 17.0. The van der Waals surface area contributed by atoms with E-state index in [1.807, 2.05) is 43.3 Å². The van der Waals surface area contributed by atoms with Crippen molar-refractivity contribution >= 4 is 0 Å². The predicted octanol–water partition coefficient (Wildman–Crippen LogP) is 6.03. The Hall–Kier alpha value is -3.62. The molecule has 1 fully saturated rings. The number of hydrogen-bond acceptors (Lipinski definition) is 8. The molecule has 2 heterocycles. The second-order valence-electron chi connectivity index (χ2n) is 10.1. The molecular weight excluding hydrogens is 500 g/mol. The van der Waals surface area contributed by atoms with E-state index in [1.54, 1.807) is 39.5 Å². The summed E-state index contributed by atoms with van der Waals surface area (Å²) in [5.41, 5.74) is 2.69. The van der Waals surface area contributed by atoms with Crippen LogP contribution in [0.5, 0.6) is 34.5 Å². The molecule has 0 radical (unpaired) electrons. The fraction of sp³-hybridized carbons (Fsp3) is 0.419. The third-order valence-corrected chi connectivity index (χ3v) is 7.83. The van der Waals surface area contributed by atoms with E-state index in [0.29, 0.717) is 28.6 Å². The highest BCUT2D eigenvalue weighted by Gasteiger charge is 2.42. The maximum atomic E-state index is 11.0. The van der Waals surface area contributed by atoms with Gasteiger partial charge in [-0.3, -0.25) is 0 Å². The van der Waals surface area contributed by atoms with Gasteiger partial charge >= 0.3 is 0 Å². The molecule has 0 amide bonds. The van der Waals surface area contributed by atoms with Gasteiger partial charge in [0, 0.05) is 11.6 Å². The summed E-state index contributed by atoms with van der Waals surface area (Å²) in [5.74, 6) is 4.44. The average Bonchev–Trinajstić information content (AvgIpc) is 3.55. The Morgan fingerprint density at radius 3 is 2.23 bits per heavy atom. The molecule has 8 nitrogen and oxygen atoms in total. The van der Waals surface area contributed by atoms with E-state index in [0.717, 1.165) is 22.6 Å². The van der Waals surface area contributed by atoms with Gasteiger partial charge in [-0.1, -0.05) is 26.0 Å². The lowest BCUT2D eigenvalue weighted by Gasteiger charge is -2.23. The van der Waals surface area contributed by atoms with Crippen molar-refractivity contribution in [2.24, 2.45) is 11.8 Å². The molecule has 3 aromatic rings. The van der Waals surface area contributed by atoms with Crippen LogP contribution in [0.15, 0.2) is 54.6 Å². The lowest BCUT2D eigenvalue weighted by molar-refractivity contribution is 0.0274. The van der Waals surface area contributed by atoms with Crippen LogP contribution < -0.4 is 28.4 Å². The maximum Gasteiger partial charge on any atom is 0.231 e. The lowest BCUT2D eigenvalue weighted by atomic mass is 9.85. The zero-order valence-corrected chi connectivity index (χ0v) is 23.2. The molecular formula is C31H36O8. The van der Waals surface area contributed by atoms with Crippen molar-refractivity contribution in [2.45, 2.75) is 45.2 Å². The Bertz CT molecular complexity index is 1310. The van der Waals surface area contributed by atoms with Crippen LogP contribution in [0.3, 0.4) is 0 Å². The highest BCUT2D eigenvalue weighted by atomic mass is 16.7. The predicted molar refractivity (Wildman–Crippen MR) is 145 cm³/mol. The zero-order chi connectivity index (χ0) is 27.7. The summed E-state index contributed by atoms with van der Waals surface area (Å²) in [6.07, 6.45) is -1.65. The molecule has 208 valence electrons. The molecule has 0 saturated carbocycles. The molecule has 0 aromatic heterocycles. The smallest absolute Gasteiger partial charge is 0.231 e. The van der Waals surface area contributed by atoms with Gasteiger partial charge < -0.3 is 38.3 Å². The number of fused-ring (bicyclic) bond motifs is 1. The summed E-state index contributed by atoms with van der Waals surface area (Å²) in [4.78, 5) is 0. The quantitative estimate of drug-likeness (QED) is 0.355. The Morgan fingerprint density at radius 2 is 1.49 bits per heavy atom. The van der Waals surface area contributed by atoms with Crippen LogP contribution in [-0.4, -0.2) is 39.3 Å². The number of aliphatic hydroxyl groups excluding tert-OH is 1. The minimum absolute atomic E-state index is 0.0863. The summed E-state index contributed by atoms with van der Waals surface area (Å²) in [6.45, 7) is 6.48. The molecule has 0 unspecified atom stereocenters. The van der Waals surface area contributed by atoms with E-state index < -0.39 is 12.2 Å². The highest BCUT2D eigenvalue weighted by molar-refractivity contribution is 5.47. The van der Waals surface area contributed by atoms with Crippen molar-refractivity contribution in [1.29, 1.82) is 0 Å². The van der Waals surface area contributed by atoms with Crippen LogP contribution in [-0.2, 0) is 4.74 Å². The highest BCUT2D eigenvalue weighted by Crippen LogP contribution is 2.52. The Balaban J connectivity index is 1.32. The molecule has 39 heavy (non-hydrogen) atoms. The van der Waals surface area contributed by atoms with Gasteiger partial charge in [0.2, 0.25) is 6.79 Å². The minimum Gasteiger partial charge on any atom is -0.496 e. The monoisotopic (exact) mass is 536 g/mol. The van der Waals surface area contributed by atoms with Crippen LogP contribution >= 0.6 is 0 Å². The fourth-order valence-corrected chi connectivity index (χ4v) is 5.37. The number of methoxy groups -OCH3 is 3. The Kier molecular flexibility index (Phi) is 7.77. The average molecular weight is 537 g/mol. The molecule has 3 aromatic carbocycles. The van der Waals surface area contributed by atoms with Crippen molar-refractivity contribution in [3.63, 3.8) is 0 Å². The van der Waals surface area contributed by atoms with Crippen LogP contribution in [0.4, 0.5) is 0 Å². The third-order valence-electron chi connectivity index (χ3n) is 7.83. The Labute approximate surface area is 229 Å². The van der Waals surface area contributed by atoms with Gasteiger partial charge in [-0.2, -0.15) is 0 Å². The number of hydrogen-bond donors (Lipinski definition) is 1. The number of aliphatic hydroxyl groups is 1. The van der Waals surface area contributed by atoms with Crippen LogP contribution in [0.1, 0.15) is 55.8 Å². The maximum absolute atomic E-state index is 11.0. The minimum atomic E-state index is -0.878. The molecule has 0 bridgehead atoms. The first-order valence-electron chi connectivity index (χ1n) is 13.1. The molecule has 1 saturated heterocycles. The summed E-state index contributed by atoms with van der Waals surface area (Å²) < 4.78 is 40.3. The van der Waals surface area contributed by atoms with Crippen LogP contribution in [0.2, 0.25) is 0 Å².